The predicted molar refractivity (Wildman–Crippen MR) is 122 cm³/mol. The van der Waals surface area contributed by atoms with Crippen molar-refractivity contribution in [3.63, 3.8) is 0 Å². The third kappa shape index (κ3) is 2.94. The first kappa shape index (κ1) is 19.7. The number of carbonyl (C=O) groups is 3. The highest BCUT2D eigenvalue weighted by atomic mass is 16.2. The normalized spacial score (nSPS) is 33.8. The van der Waals surface area contributed by atoms with Gasteiger partial charge in [0.2, 0.25) is 0 Å². The van der Waals surface area contributed by atoms with Crippen LogP contribution in [0.25, 0.3) is 16.8 Å². The lowest BCUT2D eigenvalue weighted by Gasteiger charge is -2.60. The van der Waals surface area contributed by atoms with Crippen LogP contribution in [0, 0.1) is 23.2 Å². The van der Waals surface area contributed by atoms with Gasteiger partial charge < -0.3 is 0 Å². The third-order valence-corrected chi connectivity index (χ3v) is 8.62. The molecule has 1 heterocycles. The van der Waals surface area contributed by atoms with E-state index < -0.39 is 17.8 Å². The molecule has 4 aliphatic carbocycles. The molecule has 32 heavy (non-hydrogen) atoms. The summed E-state index contributed by atoms with van der Waals surface area (Å²) in [6.07, 6.45) is 8.82. The van der Waals surface area contributed by atoms with Gasteiger partial charge in [-0.15, -0.1) is 0 Å². The summed E-state index contributed by atoms with van der Waals surface area (Å²) in [5, 5.41) is 4.46. The summed E-state index contributed by atoms with van der Waals surface area (Å²) in [5.41, 5.74) is 0.836. The zero-order valence-electron chi connectivity index (χ0n) is 18.3. The highest BCUT2D eigenvalue weighted by Gasteiger charge is 2.56. The fraction of sp³-hybridized carbons (Fsp3) is 0.444. The number of benzene rings is 2. The number of urea groups is 1. The molecule has 0 aromatic heterocycles. The van der Waals surface area contributed by atoms with Gasteiger partial charge in [0, 0.05) is 6.04 Å². The van der Waals surface area contributed by atoms with Gasteiger partial charge >= 0.3 is 6.03 Å². The molecular weight excluding hydrogens is 400 g/mol. The fourth-order valence-electron chi connectivity index (χ4n) is 7.52. The SMILES string of the molecule is C[C@@H](N1C(=O)NC(=O)/C(=C\c2cccc3ccccc23)C1=O)C12CC3CC(CC(C3)C1)C2. The Morgan fingerprint density at radius 1 is 0.938 bits per heavy atom. The molecule has 164 valence electrons. The lowest BCUT2D eigenvalue weighted by atomic mass is 9.47. The van der Waals surface area contributed by atoms with Crippen molar-refractivity contribution in [3.05, 3.63) is 53.6 Å². The van der Waals surface area contributed by atoms with E-state index in [4.69, 9.17) is 0 Å². The van der Waals surface area contributed by atoms with Crippen molar-refractivity contribution in [2.24, 2.45) is 23.2 Å². The van der Waals surface area contributed by atoms with E-state index in [9.17, 15) is 14.4 Å². The molecule has 7 rings (SSSR count). The first-order valence-electron chi connectivity index (χ1n) is 11.8. The van der Waals surface area contributed by atoms with E-state index in [2.05, 4.69) is 5.32 Å². The first-order chi connectivity index (χ1) is 15.4. The molecule has 0 unspecified atom stereocenters. The van der Waals surface area contributed by atoms with Crippen molar-refractivity contribution in [2.75, 3.05) is 0 Å². The maximum Gasteiger partial charge on any atom is 0.331 e. The average Bonchev–Trinajstić information content (AvgIpc) is 2.75. The number of amides is 4. The molecule has 4 saturated carbocycles. The monoisotopic (exact) mass is 428 g/mol. The zero-order chi connectivity index (χ0) is 22.0. The molecule has 5 fully saturated rings. The van der Waals surface area contributed by atoms with Crippen LogP contribution in [0.15, 0.2) is 48.0 Å². The van der Waals surface area contributed by atoms with Gasteiger partial charge in [-0.05, 0) is 91.0 Å². The number of nitrogens with one attached hydrogen (secondary N) is 1. The number of barbiturate groups is 1. The van der Waals surface area contributed by atoms with Crippen molar-refractivity contribution in [3.8, 4) is 0 Å². The predicted octanol–water partition coefficient (Wildman–Crippen LogP) is 4.91. The molecule has 5 nitrogen and oxygen atoms in total. The minimum absolute atomic E-state index is 0.00725. The summed E-state index contributed by atoms with van der Waals surface area (Å²) in [6.45, 7) is 2.02. The van der Waals surface area contributed by atoms with Gasteiger partial charge in [0.05, 0.1) is 0 Å². The quantitative estimate of drug-likeness (QED) is 0.558. The standard InChI is InChI=1S/C27H28N2O3/c1-16(27-13-17-9-18(14-27)11-19(10-17)15-27)29-25(31)23(24(30)28-26(29)32)12-21-7-4-6-20-5-2-3-8-22(20)21/h2-8,12,16-19H,9-11,13-15H2,1H3,(H,28,30,32)/b23-12+/t16-,17?,18?,19?,27?/m1/s1. The van der Waals surface area contributed by atoms with Gasteiger partial charge in [-0.25, -0.2) is 4.79 Å². The highest BCUT2D eigenvalue weighted by Crippen LogP contribution is 2.62. The molecule has 5 heteroatoms. The molecule has 4 amide bonds. The van der Waals surface area contributed by atoms with Crippen LogP contribution in [0.4, 0.5) is 4.79 Å². The number of carbonyl (C=O) groups excluding carboxylic acids is 3. The van der Waals surface area contributed by atoms with Crippen LogP contribution in [-0.2, 0) is 9.59 Å². The second kappa shape index (κ2) is 7.03. The summed E-state index contributed by atoms with van der Waals surface area (Å²) < 4.78 is 0. The van der Waals surface area contributed by atoms with Crippen molar-refractivity contribution < 1.29 is 14.4 Å². The third-order valence-electron chi connectivity index (χ3n) is 8.62. The average molecular weight is 429 g/mol. The van der Waals surface area contributed by atoms with Crippen LogP contribution in [0.3, 0.4) is 0 Å². The van der Waals surface area contributed by atoms with Crippen LogP contribution in [0.2, 0.25) is 0 Å². The van der Waals surface area contributed by atoms with Crippen molar-refractivity contribution in [1.82, 2.24) is 10.2 Å². The summed E-state index contributed by atoms with van der Waals surface area (Å²) in [4.78, 5) is 40.6. The van der Waals surface area contributed by atoms with Crippen molar-refractivity contribution >= 4 is 34.7 Å². The number of fused-ring (bicyclic) bond motifs is 1. The molecular formula is C27H28N2O3. The summed E-state index contributed by atoms with van der Waals surface area (Å²) >= 11 is 0. The lowest BCUT2D eigenvalue weighted by molar-refractivity contribution is -0.139. The van der Waals surface area contributed by atoms with Gasteiger partial charge in [-0.1, -0.05) is 42.5 Å². The Hall–Kier alpha value is -2.95. The van der Waals surface area contributed by atoms with Crippen molar-refractivity contribution in [1.29, 1.82) is 0 Å². The van der Waals surface area contributed by atoms with E-state index >= 15 is 0 Å². The van der Waals surface area contributed by atoms with Gasteiger partial charge in [-0.3, -0.25) is 19.8 Å². The maximum absolute atomic E-state index is 13.6. The van der Waals surface area contributed by atoms with Gasteiger partial charge in [0.25, 0.3) is 11.8 Å². The molecule has 1 atom stereocenters. The fourth-order valence-corrected chi connectivity index (χ4v) is 7.52. The summed E-state index contributed by atoms with van der Waals surface area (Å²) in [5.74, 6) is 1.09. The minimum Gasteiger partial charge on any atom is -0.273 e. The Labute approximate surface area is 187 Å². The molecule has 2 aromatic rings. The summed E-state index contributed by atoms with van der Waals surface area (Å²) in [6, 6.07) is 12.9. The Morgan fingerprint density at radius 2 is 1.56 bits per heavy atom. The molecule has 2 aromatic carbocycles. The maximum atomic E-state index is 13.6. The molecule has 5 aliphatic rings. The van der Waals surface area contributed by atoms with E-state index in [1.165, 1.54) is 24.2 Å². The smallest absolute Gasteiger partial charge is 0.273 e. The van der Waals surface area contributed by atoms with Gasteiger partial charge in [-0.2, -0.15) is 0 Å². The topological polar surface area (TPSA) is 66.5 Å². The molecule has 4 bridgehead atoms. The van der Waals surface area contributed by atoms with Crippen molar-refractivity contribution in [2.45, 2.75) is 51.5 Å². The van der Waals surface area contributed by atoms with Crippen LogP contribution in [-0.4, -0.2) is 28.8 Å². The Bertz CT molecular complexity index is 1140. The Balaban J connectivity index is 1.37. The molecule has 1 N–H and O–H groups in total. The van der Waals surface area contributed by atoms with Gasteiger partial charge in [0.1, 0.15) is 5.57 Å². The first-order valence-corrected chi connectivity index (χ1v) is 11.8. The van der Waals surface area contributed by atoms with Crippen LogP contribution < -0.4 is 5.32 Å². The van der Waals surface area contributed by atoms with Crippen LogP contribution in [0.5, 0.6) is 0 Å². The second-order valence-corrected chi connectivity index (χ2v) is 10.5. The van der Waals surface area contributed by atoms with E-state index in [1.807, 2.05) is 49.4 Å². The largest absolute Gasteiger partial charge is 0.331 e. The molecule has 0 radical (unpaired) electrons. The molecule has 1 saturated heterocycles. The van der Waals surface area contributed by atoms with E-state index in [0.717, 1.165) is 53.4 Å². The highest BCUT2D eigenvalue weighted by molar-refractivity contribution is 6.31. The Morgan fingerprint density at radius 3 is 2.25 bits per heavy atom. The number of imide groups is 2. The summed E-state index contributed by atoms with van der Waals surface area (Å²) in [7, 11) is 0. The minimum atomic E-state index is -0.609. The number of rotatable bonds is 3. The Kier molecular flexibility index (Phi) is 4.33. The van der Waals surface area contributed by atoms with E-state index in [-0.39, 0.29) is 17.0 Å². The van der Waals surface area contributed by atoms with E-state index in [1.54, 1.807) is 6.08 Å². The number of nitrogens with zero attached hydrogens (tertiary/aromatic N) is 1. The molecule has 0 spiro atoms. The molecule has 1 aliphatic heterocycles. The second-order valence-electron chi connectivity index (χ2n) is 10.5. The lowest BCUT2D eigenvalue weighted by Crippen LogP contribution is -2.63. The van der Waals surface area contributed by atoms with Crippen LogP contribution in [0.1, 0.15) is 51.0 Å². The van der Waals surface area contributed by atoms with E-state index in [0.29, 0.717) is 0 Å². The zero-order valence-corrected chi connectivity index (χ0v) is 18.3. The number of hydrogen-bond donors (Lipinski definition) is 1. The number of hydrogen-bond acceptors (Lipinski definition) is 3. The van der Waals surface area contributed by atoms with Gasteiger partial charge in [0.15, 0.2) is 0 Å². The van der Waals surface area contributed by atoms with Crippen LogP contribution >= 0.6 is 0 Å².